The van der Waals surface area contributed by atoms with E-state index in [2.05, 4.69) is 22.2 Å². The van der Waals surface area contributed by atoms with Gasteiger partial charge in [0, 0.05) is 5.54 Å². The number of aromatic nitrogens is 2. The van der Waals surface area contributed by atoms with Crippen LogP contribution < -0.4 is 15.8 Å². The first kappa shape index (κ1) is 12.9. The molecule has 0 saturated heterocycles. The molecule has 1 aliphatic rings. The number of nitrogen functional groups attached to an aromatic ring is 1. The fraction of sp³-hybridized carbons (Fsp3) is 0.692. The van der Waals surface area contributed by atoms with Gasteiger partial charge >= 0.3 is 0 Å². The zero-order chi connectivity index (χ0) is 13.0. The van der Waals surface area contributed by atoms with Gasteiger partial charge in [-0.1, -0.05) is 19.3 Å². The first-order chi connectivity index (χ1) is 8.64. The van der Waals surface area contributed by atoms with Crippen LogP contribution in [0.5, 0.6) is 5.88 Å². The molecular weight excluding hydrogens is 228 g/mol. The lowest BCUT2D eigenvalue weighted by Gasteiger charge is -2.35. The maximum Gasteiger partial charge on any atom is 0.242 e. The van der Waals surface area contributed by atoms with E-state index in [1.807, 2.05) is 6.92 Å². The van der Waals surface area contributed by atoms with Crippen molar-refractivity contribution in [3.05, 3.63) is 6.33 Å². The van der Waals surface area contributed by atoms with Gasteiger partial charge in [0.05, 0.1) is 6.61 Å². The first-order valence-electron chi connectivity index (χ1n) is 6.66. The molecule has 1 fully saturated rings. The number of hydrogen-bond donors (Lipinski definition) is 2. The lowest BCUT2D eigenvalue weighted by atomic mass is 9.83. The van der Waals surface area contributed by atoms with Gasteiger partial charge in [0.25, 0.3) is 0 Å². The van der Waals surface area contributed by atoms with Gasteiger partial charge in [-0.25, -0.2) is 4.98 Å². The summed E-state index contributed by atoms with van der Waals surface area (Å²) in [5.41, 5.74) is 6.63. The lowest BCUT2D eigenvalue weighted by Crippen LogP contribution is -2.37. The van der Waals surface area contributed by atoms with Crippen LogP contribution in [0.15, 0.2) is 6.33 Å². The molecule has 0 amide bonds. The molecule has 0 atom stereocenters. The van der Waals surface area contributed by atoms with Crippen molar-refractivity contribution in [3.8, 4) is 5.88 Å². The molecule has 5 nitrogen and oxygen atoms in total. The SMILES string of the molecule is CCOc1ncnc(NC2(C)CCCCC2)c1N. The summed E-state index contributed by atoms with van der Waals surface area (Å²) in [4.78, 5) is 8.28. The van der Waals surface area contributed by atoms with Crippen LogP contribution in [-0.4, -0.2) is 22.1 Å². The van der Waals surface area contributed by atoms with E-state index in [1.54, 1.807) is 0 Å². The number of anilines is 2. The van der Waals surface area contributed by atoms with Crippen molar-refractivity contribution in [2.24, 2.45) is 0 Å². The van der Waals surface area contributed by atoms with Crippen LogP contribution in [0.4, 0.5) is 11.5 Å². The Morgan fingerprint density at radius 3 is 2.72 bits per heavy atom. The minimum Gasteiger partial charge on any atom is -0.476 e. The highest BCUT2D eigenvalue weighted by Crippen LogP contribution is 2.33. The number of rotatable bonds is 4. The van der Waals surface area contributed by atoms with Crippen LogP contribution in [0.3, 0.4) is 0 Å². The fourth-order valence-electron chi connectivity index (χ4n) is 2.47. The molecule has 1 aromatic heterocycles. The van der Waals surface area contributed by atoms with Crippen molar-refractivity contribution in [2.45, 2.75) is 51.5 Å². The summed E-state index contributed by atoms with van der Waals surface area (Å²) in [6.45, 7) is 4.70. The molecule has 1 saturated carbocycles. The summed E-state index contributed by atoms with van der Waals surface area (Å²) >= 11 is 0. The van der Waals surface area contributed by atoms with Crippen LogP contribution in [0, 0.1) is 0 Å². The Morgan fingerprint density at radius 2 is 2.06 bits per heavy atom. The van der Waals surface area contributed by atoms with Gasteiger partial charge < -0.3 is 15.8 Å². The summed E-state index contributed by atoms with van der Waals surface area (Å²) in [6.07, 6.45) is 7.64. The molecule has 0 bridgehead atoms. The summed E-state index contributed by atoms with van der Waals surface area (Å²) in [5.74, 6) is 1.16. The summed E-state index contributed by atoms with van der Waals surface area (Å²) in [7, 11) is 0. The zero-order valence-corrected chi connectivity index (χ0v) is 11.2. The minimum absolute atomic E-state index is 0.0875. The second kappa shape index (κ2) is 5.42. The normalized spacial score (nSPS) is 18.3. The summed E-state index contributed by atoms with van der Waals surface area (Å²) in [6, 6.07) is 0. The number of nitrogens with zero attached hydrogens (tertiary/aromatic N) is 2. The smallest absolute Gasteiger partial charge is 0.242 e. The third kappa shape index (κ3) is 2.83. The Bertz CT molecular complexity index is 402. The Balaban J connectivity index is 2.15. The predicted molar refractivity (Wildman–Crippen MR) is 72.7 cm³/mol. The molecule has 0 spiro atoms. The van der Waals surface area contributed by atoms with Crippen molar-refractivity contribution in [1.82, 2.24) is 9.97 Å². The van der Waals surface area contributed by atoms with Crippen LogP contribution in [0.2, 0.25) is 0 Å². The Morgan fingerprint density at radius 1 is 1.33 bits per heavy atom. The Labute approximate surface area is 108 Å². The molecule has 18 heavy (non-hydrogen) atoms. The molecule has 100 valence electrons. The van der Waals surface area contributed by atoms with Gasteiger partial charge in [0.1, 0.15) is 12.0 Å². The second-order valence-corrected chi connectivity index (χ2v) is 5.12. The molecule has 1 aliphatic carbocycles. The average molecular weight is 250 g/mol. The van der Waals surface area contributed by atoms with E-state index in [9.17, 15) is 0 Å². The van der Waals surface area contributed by atoms with E-state index in [0.717, 1.165) is 12.8 Å². The number of ether oxygens (including phenoxy) is 1. The Kier molecular flexibility index (Phi) is 3.89. The highest BCUT2D eigenvalue weighted by Gasteiger charge is 2.28. The molecule has 1 heterocycles. The van der Waals surface area contributed by atoms with Crippen molar-refractivity contribution in [2.75, 3.05) is 17.7 Å². The van der Waals surface area contributed by atoms with Gasteiger partial charge in [0.2, 0.25) is 5.88 Å². The van der Waals surface area contributed by atoms with Crippen molar-refractivity contribution in [3.63, 3.8) is 0 Å². The minimum atomic E-state index is 0.0875. The fourth-order valence-corrected chi connectivity index (χ4v) is 2.47. The Hall–Kier alpha value is -1.52. The highest BCUT2D eigenvalue weighted by atomic mass is 16.5. The summed E-state index contributed by atoms with van der Waals surface area (Å²) < 4.78 is 5.38. The maximum atomic E-state index is 6.03. The first-order valence-corrected chi connectivity index (χ1v) is 6.66. The maximum absolute atomic E-state index is 6.03. The zero-order valence-electron chi connectivity index (χ0n) is 11.2. The summed E-state index contributed by atoms with van der Waals surface area (Å²) in [5, 5.41) is 3.47. The largest absolute Gasteiger partial charge is 0.476 e. The third-order valence-corrected chi connectivity index (χ3v) is 3.51. The van der Waals surface area contributed by atoms with E-state index >= 15 is 0 Å². The molecule has 2 rings (SSSR count). The van der Waals surface area contributed by atoms with E-state index in [0.29, 0.717) is 24.0 Å². The van der Waals surface area contributed by atoms with Gasteiger partial charge in [-0.3, -0.25) is 0 Å². The third-order valence-electron chi connectivity index (χ3n) is 3.51. The van der Waals surface area contributed by atoms with Crippen LogP contribution in [0.1, 0.15) is 46.0 Å². The van der Waals surface area contributed by atoms with E-state index < -0.39 is 0 Å². The van der Waals surface area contributed by atoms with Crippen molar-refractivity contribution >= 4 is 11.5 Å². The number of hydrogen-bond acceptors (Lipinski definition) is 5. The molecule has 3 N–H and O–H groups in total. The average Bonchev–Trinajstić information content (AvgIpc) is 2.35. The van der Waals surface area contributed by atoms with Crippen LogP contribution in [0.25, 0.3) is 0 Å². The topological polar surface area (TPSA) is 73.1 Å². The number of nitrogens with one attached hydrogen (secondary N) is 1. The molecule has 0 unspecified atom stereocenters. The van der Waals surface area contributed by atoms with Gasteiger partial charge in [0.15, 0.2) is 5.82 Å². The quantitative estimate of drug-likeness (QED) is 0.859. The molecule has 0 aliphatic heterocycles. The molecule has 0 radical (unpaired) electrons. The molecule has 0 aromatic carbocycles. The second-order valence-electron chi connectivity index (χ2n) is 5.12. The lowest BCUT2D eigenvalue weighted by molar-refractivity contribution is 0.327. The van der Waals surface area contributed by atoms with E-state index in [1.165, 1.54) is 25.6 Å². The predicted octanol–water partition coefficient (Wildman–Crippen LogP) is 2.59. The van der Waals surface area contributed by atoms with Gasteiger partial charge in [-0.15, -0.1) is 0 Å². The highest BCUT2D eigenvalue weighted by molar-refractivity contribution is 5.67. The van der Waals surface area contributed by atoms with Gasteiger partial charge in [-0.05, 0) is 26.7 Å². The van der Waals surface area contributed by atoms with Crippen molar-refractivity contribution in [1.29, 1.82) is 0 Å². The van der Waals surface area contributed by atoms with Crippen molar-refractivity contribution < 1.29 is 4.74 Å². The molecular formula is C13H22N4O. The monoisotopic (exact) mass is 250 g/mol. The van der Waals surface area contributed by atoms with E-state index in [4.69, 9.17) is 10.5 Å². The standard InChI is InChI=1S/C13H22N4O/c1-3-18-12-10(14)11(15-9-16-12)17-13(2)7-5-4-6-8-13/h9H,3-8,14H2,1-2H3,(H,15,16,17). The van der Waals surface area contributed by atoms with E-state index in [-0.39, 0.29) is 5.54 Å². The molecule has 1 aromatic rings. The van der Waals surface area contributed by atoms with Gasteiger partial charge in [-0.2, -0.15) is 4.98 Å². The van der Waals surface area contributed by atoms with Crippen LogP contribution >= 0.6 is 0 Å². The molecule has 5 heteroatoms. The number of nitrogens with two attached hydrogens (primary N) is 1. The van der Waals surface area contributed by atoms with Crippen LogP contribution in [-0.2, 0) is 0 Å².